The van der Waals surface area contributed by atoms with Gasteiger partial charge in [0.1, 0.15) is 5.82 Å². The van der Waals surface area contributed by atoms with Gasteiger partial charge >= 0.3 is 0 Å². The molecule has 2 saturated heterocycles. The Morgan fingerprint density at radius 1 is 1.03 bits per heavy atom. The van der Waals surface area contributed by atoms with Crippen LogP contribution in [0.5, 0.6) is 0 Å². The predicted molar refractivity (Wildman–Crippen MR) is 126 cm³/mol. The average Bonchev–Trinajstić information content (AvgIpc) is 2.84. The molecule has 0 spiro atoms. The molecular weight excluding hydrogens is 384 g/mol. The summed E-state index contributed by atoms with van der Waals surface area (Å²) in [6.45, 7) is 9.35. The van der Waals surface area contributed by atoms with E-state index in [1.165, 1.54) is 12.0 Å². The van der Waals surface area contributed by atoms with E-state index in [4.69, 9.17) is 0 Å². The maximum Gasteiger partial charge on any atom is 0.223 e. The lowest BCUT2D eigenvalue weighted by molar-refractivity contribution is -0.133. The van der Waals surface area contributed by atoms with Crippen LogP contribution in [0.1, 0.15) is 44.1 Å². The number of benzene rings is 1. The summed E-state index contributed by atoms with van der Waals surface area (Å²) in [6, 6.07) is 16.6. The number of amides is 1. The topological polar surface area (TPSA) is 39.7 Å². The highest BCUT2D eigenvalue weighted by Crippen LogP contribution is 2.26. The number of hydrogen-bond donors (Lipinski definition) is 0. The fourth-order valence-corrected chi connectivity index (χ4v) is 5.07. The van der Waals surface area contributed by atoms with Gasteiger partial charge in [-0.05, 0) is 48.8 Å². The monoisotopic (exact) mass is 420 g/mol. The number of rotatable bonds is 7. The molecule has 1 aromatic heterocycles. The van der Waals surface area contributed by atoms with Crippen LogP contribution < -0.4 is 4.90 Å². The predicted octanol–water partition coefficient (Wildman–Crippen LogP) is 4.03. The number of likely N-dealkylation sites (tertiary alicyclic amines) is 1. The number of nitrogens with zero attached hydrogens (tertiary/aromatic N) is 4. The minimum atomic E-state index is 0.328. The van der Waals surface area contributed by atoms with Crippen LogP contribution in [0.15, 0.2) is 54.7 Å². The number of piperazine rings is 1. The van der Waals surface area contributed by atoms with E-state index in [-0.39, 0.29) is 0 Å². The summed E-state index contributed by atoms with van der Waals surface area (Å²) in [5.74, 6) is 2.34. The summed E-state index contributed by atoms with van der Waals surface area (Å²) in [5.41, 5.74) is 1.29. The van der Waals surface area contributed by atoms with E-state index in [1.54, 1.807) is 0 Å². The first-order valence-corrected chi connectivity index (χ1v) is 11.9. The Morgan fingerprint density at radius 3 is 2.52 bits per heavy atom. The molecule has 166 valence electrons. The Morgan fingerprint density at radius 2 is 1.81 bits per heavy atom. The Balaban J connectivity index is 1.25. The number of hydrogen-bond acceptors (Lipinski definition) is 4. The molecule has 5 nitrogen and oxygen atoms in total. The molecule has 2 fully saturated rings. The molecule has 0 bridgehead atoms. The van der Waals surface area contributed by atoms with E-state index in [0.29, 0.717) is 24.2 Å². The highest BCUT2D eigenvalue weighted by Gasteiger charge is 2.28. The van der Waals surface area contributed by atoms with E-state index >= 15 is 0 Å². The molecule has 4 rings (SSSR count). The van der Waals surface area contributed by atoms with Gasteiger partial charge in [0.15, 0.2) is 0 Å². The van der Waals surface area contributed by atoms with Crippen LogP contribution in [0.3, 0.4) is 0 Å². The van der Waals surface area contributed by atoms with E-state index in [9.17, 15) is 4.79 Å². The lowest BCUT2D eigenvalue weighted by atomic mass is 9.91. The van der Waals surface area contributed by atoms with E-state index < -0.39 is 0 Å². The Bertz CT molecular complexity index is 805. The first kappa shape index (κ1) is 21.8. The fourth-order valence-electron chi connectivity index (χ4n) is 5.07. The van der Waals surface area contributed by atoms with Crippen LogP contribution in [0.2, 0.25) is 0 Å². The van der Waals surface area contributed by atoms with Crippen molar-refractivity contribution >= 4 is 11.7 Å². The van der Waals surface area contributed by atoms with Crippen molar-refractivity contribution in [3.63, 3.8) is 0 Å². The van der Waals surface area contributed by atoms with Gasteiger partial charge in [-0.2, -0.15) is 0 Å². The highest BCUT2D eigenvalue weighted by atomic mass is 16.2. The Hall–Kier alpha value is -2.40. The SMILES string of the molecule is CCC(CC(=O)N1CCCC(CN2CCN(c3ccccn3)CC2)C1)c1ccccc1. The third kappa shape index (κ3) is 5.85. The van der Waals surface area contributed by atoms with Crippen molar-refractivity contribution in [2.24, 2.45) is 5.92 Å². The minimum absolute atomic E-state index is 0.328. The molecule has 2 unspecified atom stereocenters. The van der Waals surface area contributed by atoms with Crippen molar-refractivity contribution in [3.05, 3.63) is 60.3 Å². The second kappa shape index (κ2) is 10.8. The number of piperidine rings is 1. The van der Waals surface area contributed by atoms with Gasteiger partial charge in [-0.1, -0.05) is 43.3 Å². The standard InChI is InChI=1S/C26H36N4O/c1-2-23(24-10-4-3-5-11-24)19-26(31)30-14-8-9-22(21-30)20-28-15-17-29(18-16-28)25-12-6-7-13-27-25/h3-7,10-13,22-23H,2,8-9,14-21H2,1H3. The van der Waals surface area contributed by atoms with E-state index in [0.717, 1.165) is 64.5 Å². The van der Waals surface area contributed by atoms with Gasteiger partial charge in [-0.15, -0.1) is 0 Å². The molecule has 2 aromatic rings. The Labute approximate surface area is 187 Å². The third-order valence-electron chi connectivity index (χ3n) is 6.92. The largest absolute Gasteiger partial charge is 0.354 e. The van der Waals surface area contributed by atoms with Crippen LogP contribution in [-0.2, 0) is 4.79 Å². The van der Waals surface area contributed by atoms with Crippen molar-refractivity contribution in [1.29, 1.82) is 0 Å². The van der Waals surface area contributed by atoms with E-state index in [2.05, 4.69) is 63.0 Å². The number of aromatic nitrogens is 1. The lowest BCUT2D eigenvalue weighted by Gasteiger charge is -2.40. The number of pyridine rings is 1. The molecule has 5 heteroatoms. The normalized spacial score (nSPS) is 21.1. The van der Waals surface area contributed by atoms with E-state index in [1.807, 2.05) is 18.3 Å². The molecule has 1 amide bonds. The van der Waals surface area contributed by atoms with Crippen LogP contribution in [0.4, 0.5) is 5.82 Å². The Kier molecular flexibility index (Phi) is 7.57. The van der Waals surface area contributed by atoms with Crippen molar-refractivity contribution in [2.45, 2.75) is 38.5 Å². The summed E-state index contributed by atoms with van der Waals surface area (Å²) in [6.07, 6.45) is 5.88. The highest BCUT2D eigenvalue weighted by molar-refractivity contribution is 5.77. The lowest BCUT2D eigenvalue weighted by Crippen LogP contribution is -2.50. The zero-order chi connectivity index (χ0) is 21.5. The summed E-state index contributed by atoms with van der Waals surface area (Å²) in [7, 11) is 0. The third-order valence-corrected chi connectivity index (χ3v) is 6.92. The molecule has 3 heterocycles. The van der Waals surface area contributed by atoms with Crippen molar-refractivity contribution in [2.75, 3.05) is 50.7 Å². The molecule has 0 radical (unpaired) electrons. The summed E-state index contributed by atoms with van der Waals surface area (Å²) in [5, 5.41) is 0. The molecule has 2 aliphatic rings. The summed E-state index contributed by atoms with van der Waals surface area (Å²) < 4.78 is 0. The van der Waals surface area contributed by atoms with Gasteiger partial charge in [0.25, 0.3) is 0 Å². The first-order valence-electron chi connectivity index (χ1n) is 11.9. The summed E-state index contributed by atoms with van der Waals surface area (Å²) >= 11 is 0. The number of carbonyl (C=O) groups is 1. The first-order chi connectivity index (χ1) is 15.2. The van der Waals surface area contributed by atoms with Gasteiger partial charge in [0, 0.05) is 58.4 Å². The van der Waals surface area contributed by atoms with Crippen molar-refractivity contribution in [1.82, 2.24) is 14.8 Å². The van der Waals surface area contributed by atoms with Gasteiger partial charge in [0.2, 0.25) is 5.91 Å². The maximum absolute atomic E-state index is 13.1. The van der Waals surface area contributed by atoms with Gasteiger partial charge in [-0.25, -0.2) is 4.98 Å². The number of carbonyl (C=O) groups excluding carboxylic acids is 1. The zero-order valence-corrected chi connectivity index (χ0v) is 18.8. The van der Waals surface area contributed by atoms with Crippen LogP contribution >= 0.6 is 0 Å². The van der Waals surface area contributed by atoms with Crippen molar-refractivity contribution < 1.29 is 4.79 Å². The minimum Gasteiger partial charge on any atom is -0.354 e. The summed E-state index contributed by atoms with van der Waals surface area (Å²) in [4.78, 5) is 24.7. The van der Waals surface area contributed by atoms with Crippen LogP contribution in [-0.4, -0.2) is 66.5 Å². The molecule has 0 N–H and O–H groups in total. The van der Waals surface area contributed by atoms with Crippen LogP contribution in [0.25, 0.3) is 0 Å². The molecule has 1 aromatic carbocycles. The maximum atomic E-state index is 13.1. The molecule has 2 atom stereocenters. The smallest absolute Gasteiger partial charge is 0.223 e. The number of anilines is 1. The molecular formula is C26H36N4O. The van der Waals surface area contributed by atoms with Gasteiger partial charge < -0.3 is 9.80 Å². The molecule has 0 aliphatic carbocycles. The average molecular weight is 421 g/mol. The second-order valence-electron chi connectivity index (χ2n) is 9.04. The van der Waals surface area contributed by atoms with Crippen LogP contribution in [0, 0.1) is 5.92 Å². The molecule has 0 saturated carbocycles. The molecule has 31 heavy (non-hydrogen) atoms. The van der Waals surface area contributed by atoms with Gasteiger partial charge in [0.05, 0.1) is 0 Å². The quantitative estimate of drug-likeness (QED) is 0.678. The second-order valence-corrected chi connectivity index (χ2v) is 9.04. The fraction of sp³-hybridized carbons (Fsp3) is 0.538. The molecule has 2 aliphatic heterocycles. The zero-order valence-electron chi connectivity index (χ0n) is 18.8. The van der Waals surface area contributed by atoms with Gasteiger partial charge in [-0.3, -0.25) is 9.69 Å². The van der Waals surface area contributed by atoms with Crippen molar-refractivity contribution in [3.8, 4) is 0 Å².